The first kappa shape index (κ1) is 9.45. The third kappa shape index (κ3) is 1.74. The molecule has 0 aliphatic carbocycles. The number of nitrogens with zero attached hydrogens (tertiary/aromatic N) is 2. The van der Waals surface area contributed by atoms with Crippen LogP contribution in [0.15, 0.2) is 30.6 Å². The topological polar surface area (TPSA) is 54.6 Å². The molecule has 2 aromatic rings. The number of imidazole rings is 1. The average molecular weight is 202 g/mol. The van der Waals surface area contributed by atoms with Crippen molar-refractivity contribution >= 4 is 17.7 Å². The van der Waals surface area contributed by atoms with Crippen LogP contribution >= 0.6 is 0 Å². The van der Waals surface area contributed by atoms with Gasteiger partial charge in [0.05, 0.1) is 11.9 Å². The Labute approximate surface area is 86.5 Å². The van der Waals surface area contributed by atoms with Gasteiger partial charge in [0, 0.05) is 12.3 Å². The molecule has 0 saturated heterocycles. The van der Waals surface area contributed by atoms with Gasteiger partial charge in [-0.3, -0.25) is 0 Å². The van der Waals surface area contributed by atoms with Crippen LogP contribution in [0.4, 0.5) is 0 Å². The summed E-state index contributed by atoms with van der Waals surface area (Å²) in [6.45, 7) is 1.97. The second-order valence-corrected chi connectivity index (χ2v) is 3.24. The largest absolute Gasteiger partial charge is 0.478 e. The van der Waals surface area contributed by atoms with Gasteiger partial charge < -0.3 is 9.51 Å². The number of pyridine rings is 1. The molecule has 15 heavy (non-hydrogen) atoms. The van der Waals surface area contributed by atoms with E-state index in [0.29, 0.717) is 0 Å². The first-order chi connectivity index (χ1) is 7.18. The summed E-state index contributed by atoms with van der Waals surface area (Å²) >= 11 is 0. The van der Waals surface area contributed by atoms with Gasteiger partial charge in [0.2, 0.25) is 0 Å². The Morgan fingerprint density at radius 3 is 3.13 bits per heavy atom. The summed E-state index contributed by atoms with van der Waals surface area (Å²) in [4.78, 5) is 14.6. The maximum atomic E-state index is 10.4. The number of hydrogen-bond donors (Lipinski definition) is 1. The van der Waals surface area contributed by atoms with E-state index in [4.69, 9.17) is 5.11 Å². The fourth-order valence-electron chi connectivity index (χ4n) is 1.45. The Morgan fingerprint density at radius 2 is 2.40 bits per heavy atom. The molecule has 1 N–H and O–H groups in total. The lowest BCUT2D eigenvalue weighted by atomic mass is 10.3. The molecule has 4 nitrogen and oxygen atoms in total. The summed E-state index contributed by atoms with van der Waals surface area (Å²) in [5.74, 6) is -0.961. The summed E-state index contributed by atoms with van der Waals surface area (Å²) in [6, 6.07) is 3.87. The van der Waals surface area contributed by atoms with E-state index in [1.807, 2.05) is 29.7 Å². The van der Waals surface area contributed by atoms with E-state index in [1.54, 1.807) is 6.20 Å². The SMILES string of the molecule is Cc1cccn2c(/C=C/C(=O)O)cnc12. The van der Waals surface area contributed by atoms with E-state index in [9.17, 15) is 4.79 Å². The van der Waals surface area contributed by atoms with Crippen LogP contribution in [0.3, 0.4) is 0 Å². The third-order valence-corrected chi connectivity index (χ3v) is 2.16. The molecule has 0 aliphatic heterocycles. The van der Waals surface area contributed by atoms with Crippen LogP contribution in [-0.2, 0) is 4.79 Å². The van der Waals surface area contributed by atoms with Crippen molar-refractivity contribution in [2.45, 2.75) is 6.92 Å². The van der Waals surface area contributed by atoms with Crippen molar-refractivity contribution in [2.75, 3.05) is 0 Å². The zero-order chi connectivity index (χ0) is 10.8. The van der Waals surface area contributed by atoms with Crippen molar-refractivity contribution < 1.29 is 9.90 Å². The highest BCUT2D eigenvalue weighted by Crippen LogP contribution is 2.11. The molecule has 0 bridgehead atoms. The van der Waals surface area contributed by atoms with Gasteiger partial charge in [0.25, 0.3) is 0 Å². The van der Waals surface area contributed by atoms with Gasteiger partial charge >= 0.3 is 5.97 Å². The maximum absolute atomic E-state index is 10.4. The summed E-state index contributed by atoms with van der Waals surface area (Å²) < 4.78 is 1.86. The lowest BCUT2D eigenvalue weighted by molar-refractivity contribution is -0.131. The Morgan fingerprint density at radius 1 is 1.60 bits per heavy atom. The van der Waals surface area contributed by atoms with Crippen LogP contribution in [0.1, 0.15) is 11.3 Å². The molecule has 0 amide bonds. The number of aliphatic carboxylic acids is 1. The first-order valence-electron chi connectivity index (χ1n) is 4.52. The molecule has 0 fully saturated rings. The smallest absolute Gasteiger partial charge is 0.328 e. The fourth-order valence-corrected chi connectivity index (χ4v) is 1.45. The zero-order valence-electron chi connectivity index (χ0n) is 8.21. The summed E-state index contributed by atoms with van der Waals surface area (Å²) in [5, 5.41) is 8.52. The van der Waals surface area contributed by atoms with Crippen molar-refractivity contribution in [3.05, 3.63) is 41.9 Å². The molecular weight excluding hydrogens is 192 g/mol. The predicted molar refractivity (Wildman–Crippen MR) is 56.6 cm³/mol. The number of aryl methyl sites for hydroxylation is 1. The minimum Gasteiger partial charge on any atom is -0.478 e. The molecule has 2 rings (SSSR count). The number of aromatic nitrogens is 2. The van der Waals surface area contributed by atoms with Crippen molar-refractivity contribution in [3.8, 4) is 0 Å². The lowest BCUT2D eigenvalue weighted by Gasteiger charge is -1.98. The minimum absolute atomic E-state index is 0.760. The summed E-state index contributed by atoms with van der Waals surface area (Å²) in [6.07, 6.45) is 6.15. The van der Waals surface area contributed by atoms with Gasteiger partial charge in [-0.1, -0.05) is 6.07 Å². The monoisotopic (exact) mass is 202 g/mol. The van der Waals surface area contributed by atoms with E-state index in [2.05, 4.69) is 4.98 Å². The van der Waals surface area contributed by atoms with Gasteiger partial charge in [-0.05, 0) is 24.6 Å². The maximum Gasteiger partial charge on any atom is 0.328 e. The zero-order valence-corrected chi connectivity index (χ0v) is 8.21. The average Bonchev–Trinajstić information content (AvgIpc) is 2.59. The molecule has 76 valence electrons. The second-order valence-electron chi connectivity index (χ2n) is 3.24. The molecule has 0 aromatic carbocycles. The number of fused-ring (bicyclic) bond motifs is 1. The molecule has 0 radical (unpaired) electrons. The number of hydrogen-bond acceptors (Lipinski definition) is 2. The minimum atomic E-state index is -0.961. The second kappa shape index (κ2) is 3.57. The molecule has 0 aliphatic rings. The van der Waals surface area contributed by atoms with Crippen LogP contribution in [0.25, 0.3) is 11.7 Å². The van der Waals surface area contributed by atoms with Gasteiger partial charge in [-0.2, -0.15) is 0 Å². The van der Waals surface area contributed by atoms with E-state index in [0.717, 1.165) is 23.0 Å². The molecule has 0 unspecified atom stereocenters. The van der Waals surface area contributed by atoms with Gasteiger partial charge in [-0.25, -0.2) is 9.78 Å². The van der Waals surface area contributed by atoms with Crippen LogP contribution < -0.4 is 0 Å². The number of rotatable bonds is 2. The highest BCUT2D eigenvalue weighted by atomic mass is 16.4. The van der Waals surface area contributed by atoms with Gasteiger partial charge in [0.15, 0.2) is 0 Å². The summed E-state index contributed by atoms with van der Waals surface area (Å²) in [7, 11) is 0. The van der Waals surface area contributed by atoms with Crippen LogP contribution in [0, 0.1) is 6.92 Å². The normalized spacial score (nSPS) is 11.3. The fraction of sp³-hybridized carbons (Fsp3) is 0.0909. The first-order valence-corrected chi connectivity index (χ1v) is 4.52. The standard InChI is InChI=1S/C11H10N2O2/c1-8-3-2-6-13-9(4-5-10(14)15)7-12-11(8)13/h2-7H,1H3,(H,14,15)/b5-4+. The van der Waals surface area contributed by atoms with Gasteiger partial charge in [-0.15, -0.1) is 0 Å². The van der Waals surface area contributed by atoms with Crippen LogP contribution in [0.5, 0.6) is 0 Å². The highest BCUT2D eigenvalue weighted by Gasteiger charge is 2.01. The molecule has 2 heterocycles. The molecular formula is C11H10N2O2. The third-order valence-electron chi connectivity index (χ3n) is 2.16. The highest BCUT2D eigenvalue weighted by molar-refractivity contribution is 5.85. The molecule has 0 saturated carbocycles. The van der Waals surface area contributed by atoms with E-state index < -0.39 is 5.97 Å². The van der Waals surface area contributed by atoms with Crippen LogP contribution in [0.2, 0.25) is 0 Å². The molecule has 0 atom stereocenters. The molecule has 2 aromatic heterocycles. The van der Waals surface area contributed by atoms with Gasteiger partial charge in [0.1, 0.15) is 5.65 Å². The van der Waals surface area contributed by atoms with Crippen molar-refractivity contribution in [3.63, 3.8) is 0 Å². The summed E-state index contributed by atoms with van der Waals surface area (Å²) in [5.41, 5.74) is 2.67. The molecule has 4 heteroatoms. The number of carboxylic acid groups (broad SMARTS) is 1. The lowest BCUT2D eigenvalue weighted by Crippen LogP contribution is -1.90. The quantitative estimate of drug-likeness (QED) is 0.754. The Kier molecular flexibility index (Phi) is 2.25. The number of carbonyl (C=O) groups is 1. The Balaban J connectivity index is 2.54. The van der Waals surface area contributed by atoms with Crippen molar-refractivity contribution in [1.82, 2.24) is 9.38 Å². The van der Waals surface area contributed by atoms with Crippen molar-refractivity contribution in [2.24, 2.45) is 0 Å². The van der Waals surface area contributed by atoms with Crippen molar-refractivity contribution in [1.29, 1.82) is 0 Å². The molecule has 0 spiro atoms. The predicted octanol–water partition coefficient (Wildman–Crippen LogP) is 1.74. The Hall–Kier alpha value is -2.10. The number of carboxylic acids is 1. The van der Waals surface area contributed by atoms with Crippen LogP contribution in [-0.4, -0.2) is 20.5 Å². The Bertz CT molecular complexity index is 541. The van der Waals surface area contributed by atoms with E-state index in [-0.39, 0.29) is 0 Å². The van der Waals surface area contributed by atoms with E-state index in [1.165, 1.54) is 6.08 Å². The van der Waals surface area contributed by atoms with E-state index >= 15 is 0 Å².